The molecule has 5 nitrogen and oxygen atoms in total. The van der Waals surface area contributed by atoms with Crippen LogP contribution in [-0.2, 0) is 16.3 Å². The van der Waals surface area contributed by atoms with E-state index in [0.29, 0.717) is 4.90 Å². The summed E-state index contributed by atoms with van der Waals surface area (Å²) in [5.74, 6) is 0.843. The molecule has 1 aromatic heterocycles. The average Bonchev–Trinajstić information content (AvgIpc) is 2.92. The zero-order valence-corrected chi connectivity index (χ0v) is 12.3. The molecular weight excluding hydrogens is 274 g/mol. The number of nitrogens with one attached hydrogen (secondary N) is 1. The van der Waals surface area contributed by atoms with Gasteiger partial charge in [-0.1, -0.05) is 12.8 Å². The van der Waals surface area contributed by atoms with Crippen molar-refractivity contribution >= 4 is 20.9 Å². The number of H-pyrrole nitrogens is 1. The molecule has 0 amide bonds. The van der Waals surface area contributed by atoms with Gasteiger partial charge >= 0.3 is 0 Å². The molecule has 6 heteroatoms. The van der Waals surface area contributed by atoms with Crippen molar-refractivity contribution in [1.29, 1.82) is 0 Å². The number of benzene rings is 1. The third kappa shape index (κ3) is 2.58. The summed E-state index contributed by atoms with van der Waals surface area (Å²) in [6, 6.07) is 4.97. The standard InChI is InChI=1S/C14H19N3O2S/c1-20(18,19)10-4-5-11-12(8-10)17-13(16-11)9-14(15)6-2-3-7-14/h4-5,8H,2-3,6-7,9,15H2,1H3,(H,16,17). The number of nitrogens with zero attached hydrogens (tertiary/aromatic N) is 1. The molecule has 108 valence electrons. The molecule has 2 aromatic rings. The molecule has 0 aliphatic heterocycles. The van der Waals surface area contributed by atoms with Crippen LogP contribution in [0, 0.1) is 0 Å². The van der Waals surface area contributed by atoms with Crippen LogP contribution in [0.5, 0.6) is 0 Å². The number of rotatable bonds is 3. The van der Waals surface area contributed by atoms with E-state index in [1.165, 1.54) is 19.1 Å². The first-order valence-electron chi connectivity index (χ1n) is 6.83. The molecule has 1 saturated carbocycles. The van der Waals surface area contributed by atoms with Gasteiger partial charge in [0.15, 0.2) is 9.84 Å². The number of aromatic nitrogens is 2. The monoisotopic (exact) mass is 293 g/mol. The molecular formula is C14H19N3O2S. The molecule has 3 N–H and O–H groups in total. The number of nitrogens with two attached hydrogens (primary N) is 1. The van der Waals surface area contributed by atoms with Crippen molar-refractivity contribution in [3.63, 3.8) is 0 Å². The maximum atomic E-state index is 11.6. The Bertz CT molecular complexity index is 743. The van der Waals surface area contributed by atoms with E-state index in [2.05, 4.69) is 9.97 Å². The Balaban J connectivity index is 1.94. The minimum Gasteiger partial charge on any atom is -0.342 e. The summed E-state index contributed by atoms with van der Waals surface area (Å²) < 4.78 is 23.1. The van der Waals surface area contributed by atoms with Crippen molar-refractivity contribution in [3.8, 4) is 0 Å². The molecule has 0 atom stereocenters. The Kier molecular flexibility index (Phi) is 3.10. The molecule has 0 unspecified atom stereocenters. The van der Waals surface area contributed by atoms with Crippen molar-refractivity contribution < 1.29 is 8.42 Å². The van der Waals surface area contributed by atoms with Crippen LogP contribution in [0.2, 0.25) is 0 Å². The Hall–Kier alpha value is -1.40. The summed E-state index contributed by atoms with van der Waals surface area (Å²) in [6.07, 6.45) is 6.33. The lowest BCUT2D eigenvalue weighted by atomic mass is 9.94. The SMILES string of the molecule is CS(=O)(=O)c1ccc2nc(CC3(N)CCCC3)[nH]c2c1. The van der Waals surface area contributed by atoms with E-state index in [-0.39, 0.29) is 5.54 Å². The fourth-order valence-corrected chi connectivity index (χ4v) is 3.59. The van der Waals surface area contributed by atoms with Gasteiger partial charge in [-0.15, -0.1) is 0 Å². The van der Waals surface area contributed by atoms with Gasteiger partial charge in [-0.05, 0) is 31.0 Å². The fraction of sp³-hybridized carbons (Fsp3) is 0.500. The number of hydrogen-bond donors (Lipinski definition) is 2. The maximum absolute atomic E-state index is 11.6. The fourth-order valence-electron chi connectivity index (χ4n) is 2.95. The number of fused-ring (bicyclic) bond motifs is 1. The minimum atomic E-state index is -3.19. The molecule has 0 bridgehead atoms. The smallest absolute Gasteiger partial charge is 0.175 e. The van der Waals surface area contributed by atoms with Gasteiger partial charge in [0.25, 0.3) is 0 Å². The Morgan fingerprint density at radius 3 is 2.70 bits per heavy atom. The quantitative estimate of drug-likeness (QED) is 0.902. The topological polar surface area (TPSA) is 88.8 Å². The molecule has 0 spiro atoms. The molecule has 20 heavy (non-hydrogen) atoms. The molecule has 1 aliphatic carbocycles. The second-order valence-corrected chi connectivity index (χ2v) is 7.90. The lowest BCUT2D eigenvalue weighted by Gasteiger charge is -2.21. The van der Waals surface area contributed by atoms with Gasteiger partial charge in [-0.25, -0.2) is 13.4 Å². The van der Waals surface area contributed by atoms with Gasteiger partial charge in [0.2, 0.25) is 0 Å². The van der Waals surface area contributed by atoms with Crippen molar-refractivity contribution in [2.24, 2.45) is 5.73 Å². The van der Waals surface area contributed by atoms with Crippen molar-refractivity contribution in [2.45, 2.75) is 42.5 Å². The summed E-state index contributed by atoms with van der Waals surface area (Å²) in [7, 11) is -3.19. The third-order valence-electron chi connectivity index (χ3n) is 4.05. The van der Waals surface area contributed by atoms with E-state index in [1.54, 1.807) is 18.2 Å². The van der Waals surface area contributed by atoms with Crippen LogP contribution >= 0.6 is 0 Å². The second kappa shape index (κ2) is 4.56. The van der Waals surface area contributed by atoms with Crippen molar-refractivity contribution in [2.75, 3.05) is 6.26 Å². The summed E-state index contributed by atoms with van der Waals surface area (Å²) in [5, 5.41) is 0. The molecule has 0 saturated heterocycles. The van der Waals surface area contributed by atoms with E-state index >= 15 is 0 Å². The van der Waals surface area contributed by atoms with Crippen LogP contribution in [0.4, 0.5) is 0 Å². The summed E-state index contributed by atoms with van der Waals surface area (Å²) >= 11 is 0. The van der Waals surface area contributed by atoms with E-state index in [0.717, 1.165) is 36.1 Å². The zero-order valence-electron chi connectivity index (χ0n) is 11.5. The van der Waals surface area contributed by atoms with Gasteiger partial charge in [0.05, 0.1) is 15.9 Å². The first-order valence-corrected chi connectivity index (χ1v) is 8.73. The average molecular weight is 293 g/mol. The van der Waals surface area contributed by atoms with Crippen molar-refractivity contribution in [3.05, 3.63) is 24.0 Å². The molecule has 3 rings (SSSR count). The number of sulfone groups is 1. The molecule has 0 radical (unpaired) electrons. The third-order valence-corrected chi connectivity index (χ3v) is 5.16. The highest BCUT2D eigenvalue weighted by Crippen LogP contribution is 2.30. The highest BCUT2D eigenvalue weighted by Gasteiger charge is 2.30. The minimum absolute atomic E-state index is 0.159. The molecule has 1 fully saturated rings. The van der Waals surface area contributed by atoms with Crippen LogP contribution in [0.25, 0.3) is 11.0 Å². The van der Waals surface area contributed by atoms with Gasteiger partial charge in [0, 0.05) is 18.2 Å². The highest BCUT2D eigenvalue weighted by atomic mass is 32.2. The Morgan fingerprint density at radius 1 is 1.35 bits per heavy atom. The lowest BCUT2D eigenvalue weighted by molar-refractivity contribution is 0.428. The van der Waals surface area contributed by atoms with Gasteiger partial charge in [-0.2, -0.15) is 0 Å². The largest absolute Gasteiger partial charge is 0.342 e. The molecule has 1 aliphatic rings. The molecule has 1 aromatic carbocycles. The normalized spacial score (nSPS) is 18.7. The summed E-state index contributed by atoms with van der Waals surface area (Å²) in [6.45, 7) is 0. The van der Waals surface area contributed by atoms with E-state index in [1.807, 2.05) is 0 Å². The van der Waals surface area contributed by atoms with Crippen molar-refractivity contribution in [1.82, 2.24) is 9.97 Å². The predicted octanol–water partition coefficient (Wildman–Crippen LogP) is 1.78. The summed E-state index contributed by atoms with van der Waals surface area (Å²) in [4.78, 5) is 8.03. The van der Waals surface area contributed by atoms with E-state index < -0.39 is 9.84 Å². The number of imidazole rings is 1. The predicted molar refractivity (Wildman–Crippen MR) is 78.3 cm³/mol. The lowest BCUT2D eigenvalue weighted by Crippen LogP contribution is -2.39. The number of aromatic amines is 1. The number of hydrogen-bond acceptors (Lipinski definition) is 4. The second-order valence-electron chi connectivity index (χ2n) is 5.88. The van der Waals surface area contributed by atoms with Gasteiger partial charge in [-0.3, -0.25) is 0 Å². The van der Waals surface area contributed by atoms with Crippen LogP contribution < -0.4 is 5.73 Å². The molecule has 1 heterocycles. The van der Waals surface area contributed by atoms with Crippen LogP contribution in [0.15, 0.2) is 23.1 Å². The Labute approximate surface area is 118 Å². The van der Waals surface area contributed by atoms with Gasteiger partial charge < -0.3 is 10.7 Å². The van der Waals surface area contributed by atoms with Gasteiger partial charge in [0.1, 0.15) is 5.82 Å². The first-order chi connectivity index (χ1) is 9.36. The Morgan fingerprint density at radius 2 is 2.05 bits per heavy atom. The summed E-state index contributed by atoms with van der Waals surface area (Å²) in [5.41, 5.74) is 7.74. The zero-order chi connectivity index (χ0) is 14.4. The maximum Gasteiger partial charge on any atom is 0.175 e. The highest BCUT2D eigenvalue weighted by molar-refractivity contribution is 7.90. The van der Waals surface area contributed by atoms with Crippen LogP contribution in [0.3, 0.4) is 0 Å². The van der Waals surface area contributed by atoms with Crippen LogP contribution in [0.1, 0.15) is 31.5 Å². The van der Waals surface area contributed by atoms with E-state index in [9.17, 15) is 8.42 Å². The van der Waals surface area contributed by atoms with E-state index in [4.69, 9.17) is 5.73 Å². The van der Waals surface area contributed by atoms with Crippen LogP contribution in [-0.4, -0.2) is 30.2 Å². The first kappa shape index (κ1) is 13.6.